The van der Waals surface area contributed by atoms with Crippen molar-refractivity contribution in [1.82, 2.24) is 0 Å². The summed E-state index contributed by atoms with van der Waals surface area (Å²) in [6.07, 6.45) is 0.878. The van der Waals surface area contributed by atoms with E-state index in [2.05, 4.69) is 0 Å². The van der Waals surface area contributed by atoms with Crippen LogP contribution in [0.5, 0.6) is 5.75 Å². The number of halogens is 2. The number of carboxylic acid groups (broad SMARTS) is 1. The first-order chi connectivity index (χ1) is 14.4. The maximum Gasteiger partial charge on any atom is 0.306 e. The Morgan fingerprint density at radius 2 is 2.00 bits per heavy atom. The van der Waals surface area contributed by atoms with Gasteiger partial charge in [-0.3, -0.25) is 9.59 Å². The molecule has 0 bridgehead atoms. The topological polar surface area (TPSA) is 86.0 Å². The minimum Gasteiger partial charge on any atom is -0.488 e. The Morgan fingerprint density at radius 3 is 2.73 bits per heavy atom. The lowest BCUT2D eigenvalue weighted by molar-refractivity contribution is -0.151. The van der Waals surface area contributed by atoms with E-state index in [0.717, 1.165) is 0 Å². The van der Waals surface area contributed by atoms with Gasteiger partial charge in [0.2, 0.25) is 0 Å². The van der Waals surface area contributed by atoms with Gasteiger partial charge in [0.15, 0.2) is 22.6 Å². The summed E-state index contributed by atoms with van der Waals surface area (Å²) in [5, 5.41) is 9.49. The summed E-state index contributed by atoms with van der Waals surface area (Å²) in [7, 11) is 0. The molecule has 0 atom stereocenters. The van der Waals surface area contributed by atoms with E-state index in [1.807, 2.05) is 0 Å². The minimum absolute atomic E-state index is 0.0422. The van der Waals surface area contributed by atoms with Gasteiger partial charge in [-0.25, -0.2) is 4.39 Å². The van der Waals surface area contributed by atoms with Crippen LogP contribution in [-0.2, 0) is 9.53 Å². The predicted molar refractivity (Wildman–Crippen MR) is 108 cm³/mol. The van der Waals surface area contributed by atoms with E-state index in [4.69, 9.17) is 30.6 Å². The SMILES string of the molecule is O=c1cc(-c2ccc(OCCO[C@H]3C[C@@H](C(=O)O)C3)c(F)c2)oc2c(Cl)cccc12. The molecule has 1 aromatic heterocycles. The Kier molecular flexibility index (Phi) is 5.74. The highest BCUT2D eigenvalue weighted by Gasteiger charge is 2.34. The molecule has 0 aliphatic heterocycles. The summed E-state index contributed by atoms with van der Waals surface area (Å²) < 4.78 is 31.1. The van der Waals surface area contributed by atoms with Crippen LogP contribution in [0, 0.1) is 11.7 Å². The Hall–Kier alpha value is -2.90. The van der Waals surface area contributed by atoms with E-state index in [0.29, 0.717) is 28.8 Å². The zero-order valence-electron chi connectivity index (χ0n) is 15.8. The molecular formula is C22H18ClFO6. The normalized spacial score (nSPS) is 18.2. The van der Waals surface area contributed by atoms with E-state index in [9.17, 15) is 14.0 Å². The van der Waals surface area contributed by atoms with Crippen molar-refractivity contribution in [3.05, 3.63) is 63.5 Å². The number of benzene rings is 2. The van der Waals surface area contributed by atoms with Crippen LogP contribution < -0.4 is 10.2 Å². The third kappa shape index (κ3) is 4.17. The van der Waals surface area contributed by atoms with Crippen molar-refractivity contribution in [1.29, 1.82) is 0 Å². The maximum absolute atomic E-state index is 14.5. The lowest BCUT2D eigenvalue weighted by Crippen LogP contribution is -2.37. The molecule has 0 radical (unpaired) electrons. The van der Waals surface area contributed by atoms with Gasteiger partial charge in [-0.05, 0) is 43.2 Å². The highest BCUT2D eigenvalue weighted by atomic mass is 35.5. The number of carbonyl (C=O) groups is 1. The average Bonchev–Trinajstić information content (AvgIpc) is 2.67. The molecule has 8 heteroatoms. The van der Waals surface area contributed by atoms with Crippen molar-refractivity contribution in [3.63, 3.8) is 0 Å². The van der Waals surface area contributed by atoms with E-state index in [-0.39, 0.29) is 47.8 Å². The molecule has 1 aliphatic carbocycles. The van der Waals surface area contributed by atoms with Crippen LogP contribution in [0.1, 0.15) is 12.8 Å². The number of ether oxygens (including phenoxy) is 2. The quantitative estimate of drug-likeness (QED) is 0.553. The summed E-state index contributed by atoms with van der Waals surface area (Å²) in [5.74, 6) is -1.51. The van der Waals surface area contributed by atoms with Gasteiger partial charge in [0.25, 0.3) is 0 Å². The molecule has 1 heterocycles. The third-order valence-corrected chi connectivity index (χ3v) is 5.36. The second-order valence-corrected chi connectivity index (χ2v) is 7.49. The Balaban J connectivity index is 1.40. The van der Waals surface area contributed by atoms with Crippen molar-refractivity contribution < 1.29 is 28.2 Å². The van der Waals surface area contributed by atoms with Gasteiger partial charge in [-0.1, -0.05) is 17.7 Å². The van der Waals surface area contributed by atoms with Gasteiger partial charge in [0, 0.05) is 11.6 Å². The number of hydrogen-bond donors (Lipinski definition) is 1. The fraction of sp³-hybridized carbons (Fsp3) is 0.273. The third-order valence-electron chi connectivity index (χ3n) is 5.06. The lowest BCUT2D eigenvalue weighted by Gasteiger charge is -2.31. The van der Waals surface area contributed by atoms with Gasteiger partial charge in [-0.2, -0.15) is 0 Å². The number of rotatable bonds is 7. The van der Waals surface area contributed by atoms with Crippen LogP contribution in [0.4, 0.5) is 4.39 Å². The van der Waals surface area contributed by atoms with Crippen LogP contribution in [0.2, 0.25) is 5.02 Å². The van der Waals surface area contributed by atoms with Gasteiger partial charge >= 0.3 is 5.97 Å². The Bertz CT molecular complexity index is 1150. The van der Waals surface area contributed by atoms with Crippen molar-refractivity contribution in [3.8, 4) is 17.1 Å². The van der Waals surface area contributed by atoms with Crippen LogP contribution in [0.3, 0.4) is 0 Å². The van der Waals surface area contributed by atoms with Crippen LogP contribution in [0.25, 0.3) is 22.3 Å². The highest BCUT2D eigenvalue weighted by molar-refractivity contribution is 6.34. The molecule has 0 spiro atoms. The molecule has 1 aliphatic rings. The first kappa shape index (κ1) is 20.4. The summed E-state index contributed by atoms with van der Waals surface area (Å²) in [4.78, 5) is 23.1. The smallest absolute Gasteiger partial charge is 0.306 e. The number of para-hydroxylation sites is 1. The average molecular weight is 433 g/mol. The van der Waals surface area contributed by atoms with Crippen molar-refractivity contribution >= 4 is 28.5 Å². The summed E-state index contributed by atoms with van der Waals surface area (Å²) >= 11 is 6.11. The second-order valence-electron chi connectivity index (χ2n) is 7.08. The number of hydrogen-bond acceptors (Lipinski definition) is 5. The van der Waals surface area contributed by atoms with Crippen molar-refractivity contribution in [2.24, 2.45) is 5.92 Å². The summed E-state index contributed by atoms with van der Waals surface area (Å²) in [6, 6.07) is 10.4. The molecule has 2 aromatic carbocycles. The zero-order valence-corrected chi connectivity index (χ0v) is 16.5. The number of aliphatic carboxylic acids is 1. The molecular weight excluding hydrogens is 415 g/mol. The highest BCUT2D eigenvalue weighted by Crippen LogP contribution is 2.31. The first-order valence-electron chi connectivity index (χ1n) is 9.42. The Labute approximate surface area is 175 Å². The van der Waals surface area contributed by atoms with Gasteiger partial charge < -0.3 is 19.0 Å². The van der Waals surface area contributed by atoms with Crippen LogP contribution in [0.15, 0.2) is 51.7 Å². The zero-order chi connectivity index (χ0) is 21.3. The molecule has 4 rings (SSSR count). The fourth-order valence-electron chi connectivity index (χ4n) is 3.33. The molecule has 156 valence electrons. The van der Waals surface area contributed by atoms with Gasteiger partial charge in [0.05, 0.1) is 29.0 Å². The largest absolute Gasteiger partial charge is 0.488 e. The first-order valence-corrected chi connectivity index (χ1v) is 9.79. The molecule has 6 nitrogen and oxygen atoms in total. The molecule has 1 N–H and O–H groups in total. The fourth-order valence-corrected chi connectivity index (χ4v) is 3.54. The van der Waals surface area contributed by atoms with E-state index in [1.54, 1.807) is 24.3 Å². The molecule has 1 saturated carbocycles. The van der Waals surface area contributed by atoms with Crippen LogP contribution in [-0.4, -0.2) is 30.4 Å². The number of fused-ring (bicyclic) bond motifs is 1. The molecule has 0 amide bonds. The minimum atomic E-state index is -0.808. The van der Waals surface area contributed by atoms with Gasteiger partial charge in [-0.15, -0.1) is 0 Å². The molecule has 0 unspecified atom stereocenters. The Morgan fingerprint density at radius 1 is 1.20 bits per heavy atom. The molecule has 3 aromatic rings. The lowest BCUT2D eigenvalue weighted by atomic mass is 9.82. The van der Waals surface area contributed by atoms with Crippen LogP contribution >= 0.6 is 11.6 Å². The predicted octanol–water partition coefficient (Wildman–Crippen LogP) is 4.51. The molecule has 30 heavy (non-hydrogen) atoms. The maximum atomic E-state index is 14.5. The number of carboxylic acids is 1. The van der Waals surface area contributed by atoms with Crippen molar-refractivity contribution in [2.45, 2.75) is 18.9 Å². The molecule has 0 saturated heterocycles. The van der Waals surface area contributed by atoms with E-state index in [1.165, 1.54) is 18.2 Å². The van der Waals surface area contributed by atoms with E-state index >= 15 is 0 Å². The standard InChI is InChI=1S/C22H18ClFO6/c23-16-3-1-2-15-18(25)11-20(30-21(15)16)12-4-5-19(17(24)10-12)29-7-6-28-14-8-13(9-14)22(26)27/h1-5,10-11,13-14H,6-9H2,(H,26,27)/t13-,14+. The van der Waals surface area contributed by atoms with E-state index < -0.39 is 11.8 Å². The monoisotopic (exact) mass is 432 g/mol. The van der Waals surface area contributed by atoms with Crippen molar-refractivity contribution in [2.75, 3.05) is 13.2 Å². The summed E-state index contributed by atoms with van der Waals surface area (Å²) in [6.45, 7) is 0.363. The summed E-state index contributed by atoms with van der Waals surface area (Å²) in [5.41, 5.74) is 0.359. The second kappa shape index (κ2) is 8.45. The molecule has 1 fully saturated rings. The van der Waals surface area contributed by atoms with Gasteiger partial charge in [0.1, 0.15) is 12.4 Å².